The molecule has 0 aliphatic heterocycles. The molecule has 0 bridgehead atoms. The number of amides is 1. The second kappa shape index (κ2) is 9.76. The number of primary amides is 1. The molecular formula is C29H27N3O9. The van der Waals surface area contributed by atoms with Gasteiger partial charge in [-0.3, -0.25) is 29.7 Å². The molecule has 1 saturated carbocycles. The van der Waals surface area contributed by atoms with Gasteiger partial charge < -0.3 is 26.2 Å². The molecule has 2 aromatic rings. The number of benzene rings is 2. The van der Waals surface area contributed by atoms with Crippen molar-refractivity contribution in [2.45, 2.75) is 24.5 Å². The Kier molecular flexibility index (Phi) is 6.63. The topological polar surface area (TPSA) is 205 Å². The van der Waals surface area contributed by atoms with Crippen molar-refractivity contribution in [3.05, 3.63) is 75.6 Å². The molecule has 212 valence electrons. The summed E-state index contributed by atoms with van der Waals surface area (Å²) in [7, 11) is 3.06. The van der Waals surface area contributed by atoms with Crippen LogP contribution in [0.5, 0.6) is 5.75 Å². The summed E-state index contributed by atoms with van der Waals surface area (Å²) in [6.45, 7) is 0. The molecule has 1 fully saturated rings. The van der Waals surface area contributed by atoms with E-state index in [4.69, 9.17) is 16.1 Å². The number of aromatic hydroxyl groups is 1. The minimum atomic E-state index is -2.71. The van der Waals surface area contributed by atoms with E-state index in [1.165, 1.54) is 37.2 Å². The number of hydrogen-bond acceptors (Lipinski definition) is 11. The van der Waals surface area contributed by atoms with E-state index >= 15 is 0 Å². The molecule has 5 rings (SSSR count). The van der Waals surface area contributed by atoms with Crippen LogP contribution in [-0.4, -0.2) is 79.0 Å². The molecule has 0 aromatic heterocycles. The highest BCUT2D eigenvalue weighted by molar-refractivity contribution is 6.24. The quantitative estimate of drug-likeness (QED) is 0.160. The van der Waals surface area contributed by atoms with Gasteiger partial charge in [0.25, 0.3) is 5.91 Å². The van der Waals surface area contributed by atoms with E-state index in [0.717, 1.165) is 0 Å². The molecule has 12 heteroatoms. The second-order valence-corrected chi connectivity index (χ2v) is 10.5. The summed E-state index contributed by atoms with van der Waals surface area (Å²) in [4.78, 5) is 40.6. The Morgan fingerprint density at radius 3 is 2.27 bits per heavy atom. The zero-order chi connectivity index (χ0) is 30.0. The minimum Gasteiger partial charge on any atom is -0.508 e. The second-order valence-electron chi connectivity index (χ2n) is 10.5. The fourth-order valence-corrected chi connectivity index (χ4v) is 6.18. The molecule has 0 spiro atoms. The number of carbonyl (C=O) groups excluding carboxylic acids is 3. The molecule has 2 unspecified atom stereocenters. The van der Waals surface area contributed by atoms with Gasteiger partial charge >= 0.3 is 0 Å². The average Bonchev–Trinajstić information content (AvgIpc) is 2.90. The predicted molar refractivity (Wildman–Crippen MR) is 143 cm³/mol. The number of fused-ring (bicyclic) bond motifs is 3. The summed E-state index contributed by atoms with van der Waals surface area (Å²) in [6.07, 6.45) is 0.0739. The molecule has 2 aromatic carbocycles. The fraction of sp³-hybridized carbons (Fsp3) is 0.276. The lowest BCUT2D eigenvalue weighted by Gasteiger charge is -2.50. The maximum absolute atomic E-state index is 13.9. The van der Waals surface area contributed by atoms with E-state index in [2.05, 4.69) is 11.8 Å². The van der Waals surface area contributed by atoms with Crippen molar-refractivity contribution in [3.63, 3.8) is 0 Å². The minimum absolute atomic E-state index is 0.0300. The highest BCUT2D eigenvalue weighted by atomic mass is 16.8. The van der Waals surface area contributed by atoms with E-state index in [0.29, 0.717) is 16.7 Å². The SMILES string of the molecule is CN(C)[C@@H]1C(=O)C(C(N)=O)=C(O)[C@@]2(O)C(=O)C3=C(O)c4c(O)ccc(C#Cc5ccc(N(O)O)cc5)c4CC3CC12. The third-order valence-corrected chi connectivity index (χ3v) is 8.04. The van der Waals surface area contributed by atoms with Crippen molar-refractivity contribution < 1.29 is 45.2 Å². The molecule has 4 atom stereocenters. The van der Waals surface area contributed by atoms with Gasteiger partial charge in [0, 0.05) is 22.6 Å². The summed E-state index contributed by atoms with van der Waals surface area (Å²) < 4.78 is 0. The number of anilines is 1. The van der Waals surface area contributed by atoms with E-state index in [-0.39, 0.29) is 40.6 Å². The van der Waals surface area contributed by atoms with Crippen LogP contribution in [0, 0.1) is 23.7 Å². The number of phenolic OH excluding ortho intramolecular Hbond substituents is 1. The summed E-state index contributed by atoms with van der Waals surface area (Å²) in [5.41, 5.74) is 3.00. The molecule has 0 radical (unpaired) electrons. The Balaban J connectivity index is 1.64. The van der Waals surface area contributed by atoms with Crippen molar-refractivity contribution in [1.29, 1.82) is 0 Å². The fourth-order valence-electron chi connectivity index (χ4n) is 6.18. The van der Waals surface area contributed by atoms with Crippen molar-refractivity contribution in [1.82, 2.24) is 4.90 Å². The van der Waals surface area contributed by atoms with Gasteiger partial charge in [0.1, 0.15) is 22.8 Å². The van der Waals surface area contributed by atoms with Gasteiger partial charge in [0.2, 0.25) is 5.78 Å². The Hall–Kier alpha value is -4.67. The Labute approximate surface area is 233 Å². The maximum atomic E-state index is 13.9. The number of nitrogens with zero attached hydrogens (tertiary/aromatic N) is 2. The number of aliphatic hydroxyl groups is 3. The molecule has 41 heavy (non-hydrogen) atoms. The van der Waals surface area contributed by atoms with Crippen molar-refractivity contribution >= 4 is 28.9 Å². The summed E-state index contributed by atoms with van der Waals surface area (Å²) in [5, 5.41) is 62.8. The van der Waals surface area contributed by atoms with E-state index in [1.54, 1.807) is 18.2 Å². The molecule has 0 heterocycles. The average molecular weight is 562 g/mol. The van der Waals surface area contributed by atoms with E-state index < -0.39 is 58.0 Å². The molecule has 12 nitrogen and oxygen atoms in total. The lowest BCUT2D eigenvalue weighted by molar-refractivity contribution is -0.153. The summed E-state index contributed by atoms with van der Waals surface area (Å²) in [6, 6.07) is 7.68. The Morgan fingerprint density at radius 1 is 1.02 bits per heavy atom. The van der Waals surface area contributed by atoms with Crippen LogP contribution in [0.25, 0.3) is 5.76 Å². The molecule has 1 amide bonds. The molecular weight excluding hydrogens is 534 g/mol. The Morgan fingerprint density at radius 2 is 1.68 bits per heavy atom. The van der Waals surface area contributed by atoms with Crippen LogP contribution in [0.15, 0.2) is 53.3 Å². The highest BCUT2D eigenvalue weighted by Crippen LogP contribution is 2.52. The van der Waals surface area contributed by atoms with Crippen LogP contribution in [0.1, 0.15) is 28.7 Å². The van der Waals surface area contributed by atoms with Gasteiger partial charge in [0.05, 0.1) is 17.3 Å². The van der Waals surface area contributed by atoms with Gasteiger partial charge in [-0.1, -0.05) is 11.8 Å². The van der Waals surface area contributed by atoms with Crippen LogP contribution in [0.2, 0.25) is 0 Å². The monoisotopic (exact) mass is 561 g/mol. The van der Waals surface area contributed by atoms with Crippen LogP contribution < -0.4 is 11.0 Å². The lowest BCUT2D eigenvalue weighted by Crippen LogP contribution is -2.65. The first kappa shape index (κ1) is 27.9. The van der Waals surface area contributed by atoms with E-state index in [9.17, 15) is 34.8 Å². The third kappa shape index (κ3) is 4.14. The van der Waals surface area contributed by atoms with E-state index in [1.807, 2.05) is 0 Å². The van der Waals surface area contributed by atoms with Gasteiger partial charge in [-0.15, -0.1) is 5.23 Å². The summed E-state index contributed by atoms with van der Waals surface area (Å²) >= 11 is 0. The highest BCUT2D eigenvalue weighted by Gasteiger charge is 2.64. The van der Waals surface area contributed by atoms with Crippen LogP contribution in [0.4, 0.5) is 5.69 Å². The van der Waals surface area contributed by atoms with Crippen molar-refractivity contribution in [2.75, 3.05) is 19.3 Å². The third-order valence-electron chi connectivity index (χ3n) is 8.04. The van der Waals surface area contributed by atoms with Crippen LogP contribution in [0.3, 0.4) is 0 Å². The zero-order valence-electron chi connectivity index (χ0n) is 22.0. The standard InChI is InChI=1S/C29H27N3O9/c1-31(2)23-18-12-15-11-17-14(6-3-13-4-8-16(9-5-13)32(40)41)7-10-19(33)21(17)24(34)20(15)26(36)29(18,39)27(37)22(25(23)35)28(30)38/h4-5,7-10,15,18,23,33-34,37,39-41H,11-12H2,1-2H3,(H2,30,38)/t15?,18?,23-,29-/m0/s1. The first-order chi connectivity index (χ1) is 19.3. The molecule has 3 aliphatic rings. The number of aliphatic hydroxyl groups excluding tert-OH is 2. The molecule has 3 aliphatic carbocycles. The first-order valence-electron chi connectivity index (χ1n) is 12.6. The van der Waals surface area contributed by atoms with Gasteiger partial charge in [-0.2, -0.15) is 0 Å². The number of likely N-dealkylation sites (N-methyl/N-ethyl adjacent to an activating group) is 1. The van der Waals surface area contributed by atoms with Crippen LogP contribution in [-0.2, 0) is 20.8 Å². The van der Waals surface area contributed by atoms with Gasteiger partial charge in [-0.25, -0.2) is 0 Å². The molecule has 8 N–H and O–H groups in total. The predicted octanol–water partition coefficient (Wildman–Crippen LogP) is 0.949. The van der Waals surface area contributed by atoms with Gasteiger partial charge in [0.15, 0.2) is 11.4 Å². The molecule has 0 saturated heterocycles. The first-order valence-corrected chi connectivity index (χ1v) is 12.6. The van der Waals surface area contributed by atoms with Crippen molar-refractivity contribution in [2.24, 2.45) is 17.6 Å². The number of hydrogen-bond donors (Lipinski definition) is 7. The largest absolute Gasteiger partial charge is 0.508 e. The Bertz CT molecular complexity index is 1630. The zero-order valence-corrected chi connectivity index (χ0v) is 22.0. The number of ketones is 2. The number of rotatable bonds is 3. The number of phenols is 1. The lowest BCUT2D eigenvalue weighted by atomic mass is 9.57. The van der Waals surface area contributed by atoms with Crippen molar-refractivity contribution in [3.8, 4) is 17.6 Å². The summed E-state index contributed by atoms with van der Waals surface area (Å²) in [5.74, 6) is -1.26. The maximum Gasteiger partial charge on any atom is 0.255 e. The smallest absolute Gasteiger partial charge is 0.255 e. The number of Topliss-reactive ketones (excluding diaryl/α,β-unsaturated/α-hetero) is 2. The number of nitrogens with two attached hydrogens (primary N) is 1. The van der Waals surface area contributed by atoms with Crippen LogP contribution >= 0.6 is 0 Å². The normalized spacial score (nSPS) is 25.3. The van der Waals surface area contributed by atoms with Gasteiger partial charge in [-0.05, 0) is 74.8 Å². The number of carbonyl (C=O) groups is 3.